The number of nitrogens with two attached hydrogens (primary N) is 2. The summed E-state index contributed by atoms with van der Waals surface area (Å²) >= 11 is 1.44. The van der Waals surface area contributed by atoms with Crippen LogP contribution in [0.3, 0.4) is 0 Å². The van der Waals surface area contributed by atoms with Gasteiger partial charge in [-0.25, -0.2) is 5.84 Å². The molecule has 0 rings (SSSR count). The van der Waals surface area contributed by atoms with E-state index in [2.05, 4.69) is 5.43 Å². The molecule has 5 nitrogen and oxygen atoms in total. The number of carbonyl (C=O) groups excluding carboxylic acids is 1. The van der Waals surface area contributed by atoms with Crippen LogP contribution in [0.4, 0.5) is 0 Å². The summed E-state index contributed by atoms with van der Waals surface area (Å²) in [5, 5.41) is -0.261. The van der Waals surface area contributed by atoms with Gasteiger partial charge in [0.15, 0.2) is 0 Å². The van der Waals surface area contributed by atoms with Crippen molar-refractivity contribution < 1.29 is 9.53 Å². The SMILES string of the molecule is COCC(SCCN)C(=O)NN. The molecule has 0 aliphatic carbocycles. The fourth-order valence-corrected chi connectivity index (χ4v) is 1.53. The van der Waals surface area contributed by atoms with Gasteiger partial charge in [0, 0.05) is 19.4 Å². The van der Waals surface area contributed by atoms with E-state index in [4.69, 9.17) is 16.3 Å². The first-order valence-corrected chi connectivity index (χ1v) is 4.62. The first-order chi connectivity index (χ1) is 5.76. The molecule has 0 aromatic carbocycles. The van der Waals surface area contributed by atoms with Crippen molar-refractivity contribution >= 4 is 17.7 Å². The maximum atomic E-state index is 11.0. The molecule has 12 heavy (non-hydrogen) atoms. The van der Waals surface area contributed by atoms with Gasteiger partial charge in [-0.1, -0.05) is 0 Å². The lowest BCUT2D eigenvalue weighted by atomic mass is 10.4. The number of thioether (sulfide) groups is 1. The number of hydrazine groups is 1. The van der Waals surface area contributed by atoms with Gasteiger partial charge in [-0.15, -0.1) is 11.8 Å². The second kappa shape index (κ2) is 7.35. The molecule has 5 N–H and O–H groups in total. The molecule has 0 heterocycles. The molecule has 0 saturated heterocycles. The lowest BCUT2D eigenvalue weighted by Crippen LogP contribution is -2.40. The number of ether oxygens (including phenoxy) is 1. The quantitative estimate of drug-likeness (QED) is 0.277. The number of rotatable bonds is 6. The average Bonchev–Trinajstić information content (AvgIpc) is 2.11. The molecule has 6 heteroatoms. The Morgan fingerprint density at radius 2 is 2.42 bits per heavy atom. The van der Waals surface area contributed by atoms with Crippen LogP contribution in [0.5, 0.6) is 0 Å². The van der Waals surface area contributed by atoms with E-state index < -0.39 is 0 Å². The van der Waals surface area contributed by atoms with E-state index in [9.17, 15) is 4.79 Å². The number of hydrogen-bond acceptors (Lipinski definition) is 5. The van der Waals surface area contributed by atoms with Crippen LogP contribution in [0.2, 0.25) is 0 Å². The summed E-state index contributed by atoms with van der Waals surface area (Å²) < 4.78 is 4.85. The van der Waals surface area contributed by atoms with E-state index in [0.29, 0.717) is 13.2 Å². The molecule has 0 aliphatic heterocycles. The number of nitrogens with one attached hydrogen (secondary N) is 1. The molecule has 72 valence electrons. The molecule has 1 amide bonds. The van der Waals surface area contributed by atoms with Crippen molar-refractivity contribution in [2.75, 3.05) is 26.0 Å². The van der Waals surface area contributed by atoms with Crippen LogP contribution >= 0.6 is 11.8 Å². The highest BCUT2D eigenvalue weighted by molar-refractivity contribution is 8.00. The monoisotopic (exact) mass is 193 g/mol. The van der Waals surface area contributed by atoms with Gasteiger partial charge in [0.05, 0.1) is 6.61 Å². The third kappa shape index (κ3) is 4.55. The number of methoxy groups -OCH3 is 1. The van der Waals surface area contributed by atoms with Crippen LogP contribution in [0.1, 0.15) is 0 Å². The highest BCUT2D eigenvalue weighted by Crippen LogP contribution is 2.09. The molecule has 0 radical (unpaired) electrons. The van der Waals surface area contributed by atoms with Crippen molar-refractivity contribution in [1.29, 1.82) is 0 Å². The van der Waals surface area contributed by atoms with E-state index in [-0.39, 0.29) is 11.2 Å². The van der Waals surface area contributed by atoms with E-state index in [1.54, 1.807) is 7.11 Å². The second-order valence-corrected chi connectivity index (χ2v) is 3.42. The third-order valence-corrected chi connectivity index (χ3v) is 2.41. The molecule has 0 aromatic heterocycles. The van der Waals surface area contributed by atoms with Crippen molar-refractivity contribution in [2.45, 2.75) is 5.25 Å². The zero-order valence-corrected chi connectivity index (χ0v) is 7.89. The predicted molar refractivity (Wildman–Crippen MR) is 49.5 cm³/mol. The van der Waals surface area contributed by atoms with Gasteiger partial charge in [0.25, 0.3) is 0 Å². The predicted octanol–water partition coefficient (Wildman–Crippen LogP) is -1.32. The summed E-state index contributed by atoms with van der Waals surface area (Å²) in [6.07, 6.45) is 0. The molecular weight excluding hydrogens is 178 g/mol. The van der Waals surface area contributed by atoms with Crippen LogP contribution in [-0.2, 0) is 9.53 Å². The van der Waals surface area contributed by atoms with Crippen LogP contribution in [0, 0.1) is 0 Å². The molecule has 0 saturated carbocycles. The Labute approximate surface area is 76.2 Å². The minimum absolute atomic E-state index is 0.227. The minimum Gasteiger partial charge on any atom is -0.383 e. The molecule has 1 unspecified atom stereocenters. The van der Waals surface area contributed by atoms with Gasteiger partial charge in [-0.2, -0.15) is 0 Å². The van der Waals surface area contributed by atoms with Crippen molar-refractivity contribution in [1.82, 2.24) is 5.43 Å². The maximum absolute atomic E-state index is 11.0. The van der Waals surface area contributed by atoms with Crippen LogP contribution in [0.25, 0.3) is 0 Å². The molecular formula is C6H15N3O2S. The number of amides is 1. The molecule has 0 fully saturated rings. The van der Waals surface area contributed by atoms with Crippen LogP contribution < -0.4 is 17.0 Å². The van der Waals surface area contributed by atoms with E-state index in [0.717, 1.165) is 5.75 Å². The van der Waals surface area contributed by atoms with Crippen molar-refractivity contribution in [3.8, 4) is 0 Å². The summed E-state index contributed by atoms with van der Waals surface area (Å²) in [5.41, 5.74) is 7.37. The van der Waals surface area contributed by atoms with E-state index >= 15 is 0 Å². The highest BCUT2D eigenvalue weighted by atomic mass is 32.2. The molecule has 0 spiro atoms. The topological polar surface area (TPSA) is 90.4 Å². The zero-order chi connectivity index (χ0) is 9.40. The molecule has 0 aliphatic rings. The lowest BCUT2D eigenvalue weighted by Gasteiger charge is -2.12. The number of hydrogen-bond donors (Lipinski definition) is 3. The first kappa shape index (κ1) is 11.7. The summed E-state index contributed by atoms with van der Waals surface area (Å²) in [4.78, 5) is 11.0. The van der Waals surface area contributed by atoms with Crippen LogP contribution in [-0.4, -0.2) is 37.2 Å². The maximum Gasteiger partial charge on any atom is 0.249 e. The van der Waals surface area contributed by atoms with Gasteiger partial charge >= 0.3 is 0 Å². The van der Waals surface area contributed by atoms with Gasteiger partial charge in [-0.05, 0) is 0 Å². The normalized spacial score (nSPS) is 12.6. The fraction of sp³-hybridized carbons (Fsp3) is 0.833. The largest absolute Gasteiger partial charge is 0.383 e. The number of carbonyl (C=O) groups is 1. The molecule has 0 bridgehead atoms. The zero-order valence-electron chi connectivity index (χ0n) is 7.08. The Morgan fingerprint density at radius 1 is 1.75 bits per heavy atom. The van der Waals surface area contributed by atoms with Gasteiger partial charge in [0.1, 0.15) is 5.25 Å². The van der Waals surface area contributed by atoms with Crippen LogP contribution in [0.15, 0.2) is 0 Å². The Morgan fingerprint density at radius 3 is 2.83 bits per heavy atom. The Balaban J connectivity index is 3.76. The molecule has 0 aromatic rings. The minimum atomic E-state index is -0.261. The average molecular weight is 193 g/mol. The smallest absolute Gasteiger partial charge is 0.249 e. The Hall–Kier alpha value is -0.300. The summed E-state index contributed by atoms with van der Waals surface area (Å²) in [6.45, 7) is 0.899. The Kier molecular flexibility index (Phi) is 7.17. The van der Waals surface area contributed by atoms with Crippen molar-refractivity contribution in [3.63, 3.8) is 0 Å². The lowest BCUT2D eigenvalue weighted by molar-refractivity contribution is -0.121. The van der Waals surface area contributed by atoms with E-state index in [1.807, 2.05) is 0 Å². The summed E-state index contributed by atoms with van der Waals surface area (Å²) in [5.74, 6) is 5.47. The highest BCUT2D eigenvalue weighted by Gasteiger charge is 2.16. The standard InChI is InChI=1S/C6H15N3O2S/c1-11-4-5(6(10)9-8)12-3-2-7/h5H,2-4,7-8H2,1H3,(H,9,10). The van der Waals surface area contributed by atoms with E-state index in [1.165, 1.54) is 11.8 Å². The van der Waals surface area contributed by atoms with Crippen molar-refractivity contribution in [3.05, 3.63) is 0 Å². The fourth-order valence-electron chi connectivity index (χ4n) is 0.654. The second-order valence-electron chi connectivity index (χ2n) is 2.11. The van der Waals surface area contributed by atoms with Crippen molar-refractivity contribution in [2.24, 2.45) is 11.6 Å². The third-order valence-electron chi connectivity index (χ3n) is 1.19. The summed E-state index contributed by atoms with van der Waals surface area (Å²) in [7, 11) is 1.54. The first-order valence-electron chi connectivity index (χ1n) is 3.57. The van der Waals surface area contributed by atoms with Gasteiger partial charge < -0.3 is 10.5 Å². The van der Waals surface area contributed by atoms with Gasteiger partial charge in [-0.3, -0.25) is 10.2 Å². The summed E-state index contributed by atoms with van der Waals surface area (Å²) in [6, 6.07) is 0. The molecule has 1 atom stereocenters. The Bertz CT molecular complexity index is 134. The van der Waals surface area contributed by atoms with Gasteiger partial charge in [0.2, 0.25) is 5.91 Å².